The fraction of sp³-hybridized carbons (Fsp3) is 0.278. The van der Waals surface area contributed by atoms with Gasteiger partial charge in [-0.2, -0.15) is 0 Å². The molecule has 128 valence electrons. The van der Waals surface area contributed by atoms with Crippen LogP contribution in [0.15, 0.2) is 30.6 Å². The Morgan fingerprint density at radius 2 is 2.08 bits per heavy atom. The van der Waals surface area contributed by atoms with Gasteiger partial charge in [-0.15, -0.1) is 0 Å². The van der Waals surface area contributed by atoms with E-state index in [1.807, 2.05) is 12.3 Å². The molecule has 1 saturated carbocycles. The van der Waals surface area contributed by atoms with Crippen LogP contribution in [0.25, 0.3) is 22.2 Å². The van der Waals surface area contributed by atoms with Crippen LogP contribution in [0.4, 0.5) is 5.82 Å². The summed E-state index contributed by atoms with van der Waals surface area (Å²) >= 11 is 0. The summed E-state index contributed by atoms with van der Waals surface area (Å²) < 4.78 is 10.8. The lowest BCUT2D eigenvalue weighted by atomic mass is 10.1. The smallest absolute Gasteiger partial charge is 0.228 e. The zero-order valence-electron chi connectivity index (χ0n) is 14.0. The van der Waals surface area contributed by atoms with Crippen LogP contribution >= 0.6 is 0 Å². The van der Waals surface area contributed by atoms with Gasteiger partial charge in [-0.1, -0.05) is 0 Å². The van der Waals surface area contributed by atoms with E-state index in [1.54, 1.807) is 32.5 Å². The predicted molar refractivity (Wildman–Crippen MR) is 93.8 cm³/mol. The standard InChI is InChI=1S/C18H18N4O3/c1-24-13-7-8-19-18(25-2)15(13)12-9-20-16-11(12)5-6-14(21-16)22-17(23)10-3-4-10/h5-10H,3-4H2,1-2H3,(H2,20,21,22,23). The minimum atomic E-state index is 0.0363. The highest BCUT2D eigenvalue weighted by molar-refractivity contribution is 5.99. The van der Waals surface area contributed by atoms with Crippen molar-refractivity contribution in [1.82, 2.24) is 15.0 Å². The molecule has 4 rings (SSSR count). The van der Waals surface area contributed by atoms with Gasteiger partial charge in [0, 0.05) is 29.3 Å². The summed E-state index contributed by atoms with van der Waals surface area (Å²) in [5.41, 5.74) is 2.32. The average Bonchev–Trinajstić information content (AvgIpc) is 3.41. The van der Waals surface area contributed by atoms with Crippen molar-refractivity contribution < 1.29 is 14.3 Å². The molecule has 7 nitrogen and oxygen atoms in total. The molecular weight excluding hydrogens is 320 g/mol. The number of hydrogen-bond acceptors (Lipinski definition) is 5. The van der Waals surface area contributed by atoms with Crippen LogP contribution in [0.1, 0.15) is 12.8 Å². The number of methoxy groups -OCH3 is 2. The fourth-order valence-corrected chi connectivity index (χ4v) is 2.85. The van der Waals surface area contributed by atoms with Gasteiger partial charge in [0.05, 0.1) is 19.8 Å². The van der Waals surface area contributed by atoms with Gasteiger partial charge < -0.3 is 19.8 Å². The Labute approximate surface area is 144 Å². The first-order chi connectivity index (χ1) is 12.2. The lowest BCUT2D eigenvalue weighted by Crippen LogP contribution is -2.14. The van der Waals surface area contributed by atoms with E-state index in [9.17, 15) is 4.79 Å². The van der Waals surface area contributed by atoms with Gasteiger partial charge >= 0.3 is 0 Å². The minimum absolute atomic E-state index is 0.0363. The molecule has 1 aliphatic carbocycles. The average molecular weight is 338 g/mol. The van der Waals surface area contributed by atoms with Gasteiger partial charge in [0.15, 0.2) is 0 Å². The summed E-state index contributed by atoms with van der Waals surface area (Å²) in [4.78, 5) is 23.8. The number of ether oxygens (including phenoxy) is 2. The molecular formula is C18H18N4O3. The van der Waals surface area contributed by atoms with Crippen molar-refractivity contribution in [3.05, 3.63) is 30.6 Å². The van der Waals surface area contributed by atoms with E-state index in [0.29, 0.717) is 23.1 Å². The Morgan fingerprint density at radius 3 is 2.80 bits per heavy atom. The van der Waals surface area contributed by atoms with Crippen LogP contribution in [0.3, 0.4) is 0 Å². The molecule has 0 unspecified atom stereocenters. The summed E-state index contributed by atoms with van der Waals surface area (Å²) in [7, 11) is 3.18. The molecule has 0 atom stereocenters. The first-order valence-electron chi connectivity index (χ1n) is 8.07. The third-order valence-electron chi connectivity index (χ3n) is 4.30. The molecule has 0 aromatic carbocycles. The zero-order valence-corrected chi connectivity index (χ0v) is 14.0. The van der Waals surface area contributed by atoms with Gasteiger partial charge in [0.25, 0.3) is 0 Å². The summed E-state index contributed by atoms with van der Waals surface area (Å²) in [6.07, 6.45) is 5.40. The molecule has 1 aliphatic rings. The first-order valence-corrected chi connectivity index (χ1v) is 8.07. The molecule has 1 amide bonds. The zero-order chi connectivity index (χ0) is 17.4. The van der Waals surface area contributed by atoms with Crippen LogP contribution < -0.4 is 14.8 Å². The van der Waals surface area contributed by atoms with E-state index in [1.165, 1.54) is 0 Å². The van der Waals surface area contributed by atoms with Crippen molar-refractivity contribution in [2.24, 2.45) is 5.92 Å². The summed E-state index contributed by atoms with van der Waals surface area (Å²) in [6, 6.07) is 5.51. The Kier molecular flexibility index (Phi) is 3.76. The van der Waals surface area contributed by atoms with E-state index >= 15 is 0 Å². The molecule has 0 aliphatic heterocycles. The van der Waals surface area contributed by atoms with E-state index in [2.05, 4.69) is 20.3 Å². The van der Waals surface area contributed by atoms with Crippen molar-refractivity contribution in [2.45, 2.75) is 12.8 Å². The number of nitrogens with one attached hydrogen (secondary N) is 2. The van der Waals surface area contributed by atoms with Crippen molar-refractivity contribution in [2.75, 3.05) is 19.5 Å². The van der Waals surface area contributed by atoms with Crippen LogP contribution in [-0.2, 0) is 4.79 Å². The second-order valence-electron chi connectivity index (χ2n) is 5.96. The highest BCUT2D eigenvalue weighted by Crippen LogP contribution is 2.40. The second-order valence-corrected chi connectivity index (χ2v) is 5.96. The molecule has 25 heavy (non-hydrogen) atoms. The number of fused-ring (bicyclic) bond motifs is 1. The van der Waals surface area contributed by atoms with Crippen molar-refractivity contribution in [3.8, 4) is 22.8 Å². The summed E-state index contributed by atoms with van der Waals surface area (Å²) in [5.74, 6) is 1.86. The largest absolute Gasteiger partial charge is 0.496 e. The molecule has 0 spiro atoms. The molecule has 0 radical (unpaired) electrons. The molecule has 1 fully saturated rings. The number of anilines is 1. The highest BCUT2D eigenvalue weighted by atomic mass is 16.5. The maximum atomic E-state index is 11.9. The van der Waals surface area contributed by atoms with Gasteiger partial charge in [-0.3, -0.25) is 4.79 Å². The number of pyridine rings is 2. The number of rotatable bonds is 5. The number of hydrogen-bond donors (Lipinski definition) is 2. The monoisotopic (exact) mass is 338 g/mol. The van der Waals surface area contributed by atoms with Gasteiger partial charge in [0.2, 0.25) is 11.8 Å². The van der Waals surface area contributed by atoms with Crippen molar-refractivity contribution in [1.29, 1.82) is 0 Å². The number of carbonyl (C=O) groups is 1. The Balaban J connectivity index is 1.76. The lowest BCUT2D eigenvalue weighted by molar-refractivity contribution is -0.117. The van der Waals surface area contributed by atoms with Crippen LogP contribution in [0.2, 0.25) is 0 Å². The van der Waals surface area contributed by atoms with Crippen molar-refractivity contribution in [3.63, 3.8) is 0 Å². The summed E-state index contributed by atoms with van der Waals surface area (Å²) in [5, 5.41) is 3.76. The first kappa shape index (κ1) is 15.4. The lowest BCUT2D eigenvalue weighted by Gasteiger charge is -2.11. The summed E-state index contributed by atoms with van der Waals surface area (Å²) in [6.45, 7) is 0. The number of H-pyrrole nitrogens is 1. The van der Waals surface area contributed by atoms with E-state index in [4.69, 9.17) is 9.47 Å². The fourth-order valence-electron chi connectivity index (χ4n) is 2.85. The Bertz CT molecular complexity index is 924. The third kappa shape index (κ3) is 2.77. The number of aromatic amines is 1. The topological polar surface area (TPSA) is 89.1 Å². The quantitative estimate of drug-likeness (QED) is 0.746. The highest BCUT2D eigenvalue weighted by Gasteiger charge is 2.29. The molecule has 2 N–H and O–H groups in total. The number of nitrogens with zero attached hydrogens (tertiary/aromatic N) is 2. The second kappa shape index (κ2) is 6.08. The SMILES string of the molecule is COc1ccnc(OC)c1-c1c[nH]c2nc(NC(=O)C3CC3)ccc12. The molecule has 3 aromatic rings. The molecule has 7 heteroatoms. The van der Waals surface area contributed by atoms with Gasteiger partial charge in [-0.05, 0) is 31.0 Å². The van der Waals surface area contributed by atoms with Crippen LogP contribution in [0, 0.1) is 5.92 Å². The molecule has 0 saturated heterocycles. The van der Waals surface area contributed by atoms with Gasteiger partial charge in [-0.25, -0.2) is 9.97 Å². The molecule has 3 aromatic heterocycles. The molecule has 0 bridgehead atoms. The van der Waals surface area contributed by atoms with Crippen molar-refractivity contribution >= 4 is 22.8 Å². The molecule has 3 heterocycles. The number of amides is 1. The van der Waals surface area contributed by atoms with E-state index in [0.717, 1.165) is 29.4 Å². The van der Waals surface area contributed by atoms with E-state index < -0.39 is 0 Å². The number of carbonyl (C=O) groups excluding carboxylic acids is 1. The normalized spacial score (nSPS) is 13.7. The Hall–Kier alpha value is -3.09. The van der Waals surface area contributed by atoms with Crippen LogP contribution in [0.5, 0.6) is 11.6 Å². The maximum absolute atomic E-state index is 11.9. The maximum Gasteiger partial charge on any atom is 0.228 e. The van der Waals surface area contributed by atoms with Crippen LogP contribution in [-0.4, -0.2) is 35.1 Å². The Morgan fingerprint density at radius 1 is 1.24 bits per heavy atom. The van der Waals surface area contributed by atoms with Gasteiger partial charge in [0.1, 0.15) is 17.2 Å². The number of aromatic nitrogens is 3. The van der Waals surface area contributed by atoms with E-state index in [-0.39, 0.29) is 11.8 Å². The predicted octanol–water partition coefficient (Wildman–Crippen LogP) is 2.99. The minimum Gasteiger partial charge on any atom is -0.496 e. The third-order valence-corrected chi connectivity index (χ3v) is 4.30.